The fourth-order valence-electron chi connectivity index (χ4n) is 2.84. The highest BCUT2D eigenvalue weighted by Crippen LogP contribution is 2.34. The number of furan rings is 1. The van der Waals surface area contributed by atoms with Crippen LogP contribution in [0.4, 0.5) is 10.1 Å². The number of rotatable bonds is 3. The van der Waals surface area contributed by atoms with Crippen LogP contribution < -0.4 is 5.32 Å². The highest BCUT2D eigenvalue weighted by atomic mass is 35.5. The van der Waals surface area contributed by atoms with Gasteiger partial charge < -0.3 is 9.73 Å². The molecule has 4 aromatic rings. The van der Waals surface area contributed by atoms with Crippen LogP contribution in [0.1, 0.15) is 20.9 Å². The van der Waals surface area contributed by atoms with Crippen LogP contribution in [0.15, 0.2) is 41.0 Å². The van der Waals surface area contributed by atoms with Crippen LogP contribution in [0, 0.1) is 19.7 Å². The second-order valence-electron chi connectivity index (χ2n) is 5.92. The molecule has 136 valence electrons. The van der Waals surface area contributed by atoms with E-state index in [1.54, 1.807) is 18.4 Å². The first-order chi connectivity index (χ1) is 12.9. The standard InChI is InChI=1S/C19H13ClFN3O2S/c1-9-15-10(2)22-17(14-4-3-7-26-14)24-19(15)27-16(9)18(25)23-13-6-5-11(21)8-12(13)20/h3-8H,1-2H3,(H,23,25). The molecule has 1 N–H and O–H groups in total. The van der Waals surface area contributed by atoms with E-state index < -0.39 is 5.82 Å². The topological polar surface area (TPSA) is 68.0 Å². The molecule has 8 heteroatoms. The van der Waals surface area contributed by atoms with Crippen molar-refractivity contribution in [2.45, 2.75) is 13.8 Å². The van der Waals surface area contributed by atoms with Crippen molar-refractivity contribution in [1.82, 2.24) is 9.97 Å². The van der Waals surface area contributed by atoms with Gasteiger partial charge in [0.15, 0.2) is 11.6 Å². The summed E-state index contributed by atoms with van der Waals surface area (Å²) in [6.45, 7) is 3.72. The average molecular weight is 402 g/mol. The Kier molecular flexibility index (Phi) is 4.41. The predicted molar refractivity (Wildman–Crippen MR) is 104 cm³/mol. The Morgan fingerprint density at radius 1 is 1.26 bits per heavy atom. The van der Waals surface area contributed by atoms with Gasteiger partial charge in [-0.25, -0.2) is 14.4 Å². The van der Waals surface area contributed by atoms with Gasteiger partial charge in [-0.3, -0.25) is 4.79 Å². The molecule has 27 heavy (non-hydrogen) atoms. The van der Waals surface area contributed by atoms with Gasteiger partial charge in [0.1, 0.15) is 10.6 Å². The summed E-state index contributed by atoms with van der Waals surface area (Å²) in [7, 11) is 0. The number of carbonyl (C=O) groups is 1. The molecule has 4 rings (SSSR count). The van der Waals surface area contributed by atoms with Crippen LogP contribution in [-0.4, -0.2) is 15.9 Å². The summed E-state index contributed by atoms with van der Waals surface area (Å²) in [5.74, 6) is 0.241. The molecule has 3 aromatic heterocycles. The molecule has 0 unspecified atom stereocenters. The number of nitrogens with zero attached hydrogens (tertiary/aromatic N) is 2. The molecular formula is C19H13ClFN3O2S. The highest BCUT2D eigenvalue weighted by Gasteiger charge is 2.20. The number of fused-ring (bicyclic) bond motifs is 1. The third kappa shape index (κ3) is 3.20. The van der Waals surface area contributed by atoms with Gasteiger partial charge in [0.2, 0.25) is 0 Å². The van der Waals surface area contributed by atoms with Gasteiger partial charge in [-0.1, -0.05) is 11.6 Å². The summed E-state index contributed by atoms with van der Waals surface area (Å²) in [5.41, 5.74) is 1.90. The predicted octanol–water partition coefficient (Wildman–Crippen LogP) is 5.61. The fourth-order valence-corrected chi connectivity index (χ4v) is 4.18. The zero-order valence-electron chi connectivity index (χ0n) is 14.3. The lowest BCUT2D eigenvalue weighted by Crippen LogP contribution is -2.11. The Morgan fingerprint density at radius 3 is 2.78 bits per heavy atom. The number of hydrogen-bond acceptors (Lipinski definition) is 5. The Labute approximate surface area is 162 Å². The SMILES string of the molecule is Cc1nc(-c2ccco2)nc2sc(C(=O)Nc3ccc(F)cc3Cl)c(C)c12. The molecule has 3 heterocycles. The minimum Gasteiger partial charge on any atom is -0.461 e. The van der Waals surface area contributed by atoms with Crippen LogP contribution in [0.3, 0.4) is 0 Å². The number of halogens is 2. The molecule has 0 aliphatic carbocycles. The van der Waals surface area contributed by atoms with E-state index in [-0.39, 0.29) is 10.9 Å². The summed E-state index contributed by atoms with van der Waals surface area (Å²) < 4.78 is 18.6. The van der Waals surface area contributed by atoms with Crippen molar-refractivity contribution in [1.29, 1.82) is 0 Å². The summed E-state index contributed by atoms with van der Waals surface area (Å²) >= 11 is 7.26. The lowest BCUT2D eigenvalue weighted by atomic mass is 10.1. The molecule has 0 aliphatic rings. The number of nitrogens with one attached hydrogen (secondary N) is 1. The molecule has 1 amide bonds. The Morgan fingerprint density at radius 2 is 2.07 bits per heavy atom. The smallest absolute Gasteiger partial charge is 0.266 e. The molecule has 0 saturated carbocycles. The van der Waals surface area contributed by atoms with Crippen LogP contribution >= 0.6 is 22.9 Å². The van der Waals surface area contributed by atoms with Gasteiger partial charge in [0.05, 0.1) is 27.5 Å². The fraction of sp³-hybridized carbons (Fsp3) is 0.105. The number of carbonyl (C=O) groups excluding carboxylic acids is 1. The number of thiophene rings is 1. The summed E-state index contributed by atoms with van der Waals surface area (Å²) in [6.07, 6.45) is 1.56. The van der Waals surface area contributed by atoms with E-state index >= 15 is 0 Å². The highest BCUT2D eigenvalue weighted by molar-refractivity contribution is 7.20. The van der Waals surface area contributed by atoms with E-state index in [0.717, 1.165) is 22.7 Å². The van der Waals surface area contributed by atoms with Gasteiger partial charge in [0.25, 0.3) is 5.91 Å². The van der Waals surface area contributed by atoms with Gasteiger partial charge in [0, 0.05) is 5.39 Å². The molecule has 0 radical (unpaired) electrons. The molecule has 0 saturated heterocycles. The van der Waals surface area contributed by atoms with Crippen molar-refractivity contribution in [2.75, 3.05) is 5.32 Å². The largest absolute Gasteiger partial charge is 0.461 e. The van der Waals surface area contributed by atoms with Crippen molar-refractivity contribution in [3.63, 3.8) is 0 Å². The quantitative estimate of drug-likeness (QED) is 0.484. The Balaban J connectivity index is 1.74. The van der Waals surface area contributed by atoms with Crippen LogP contribution in [0.25, 0.3) is 21.8 Å². The number of benzene rings is 1. The van der Waals surface area contributed by atoms with E-state index in [2.05, 4.69) is 15.3 Å². The molecule has 0 atom stereocenters. The molecule has 0 fully saturated rings. The van der Waals surface area contributed by atoms with Crippen LogP contribution in [-0.2, 0) is 0 Å². The first-order valence-corrected chi connectivity index (χ1v) is 9.21. The maximum atomic E-state index is 13.2. The first kappa shape index (κ1) is 17.6. The lowest BCUT2D eigenvalue weighted by Gasteiger charge is -2.06. The summed E-state index contributed by atoms with van der Waals surface area (Å²) in [5, 5.41) is 3.70. The average Bonchev–Trinajstić information content (AvgIpc) is 3.26. The summed E-state index contributed by atoms with van der Waals surface area (Å²) in [4.78, 5) is 23.0. The van der Waals surface area contributed by atoms with Crippen molar-refractivity contribution >= 4 is 44.7 Å². The second kappa shape index (κ2) is 6.75. The Hall–Kier alpha value is -2.77. The minimum atomic E-state index is -0.465. The number of anilines is 1. The zero-order valence-corrected chi connectivity index (χ0v) is 15.9. The van der Waals surface area contributed by atoms with Crippen molar-refractivity contribution in [3.8, 4) is 11.6 Å². The third-order valence-electron chi connectivity index (χ3n) is 4.10. The van der Waals surface area contributed by atoms with Gasteiger partial charge in [-0.05, 0) is 49.7 Å². The van der Waals surface area contributed by atoms with E-state index in [1.165, 1.54) is 23.5 Å². The first-order valence-electron chi connectivity index (χ1n) is 8.02. The van der Waals surface area contributed by atoms with Crippen molar-refractivity contribution in [3.05, 3.63) is 63.6 Å². The number of hydrogen-bond donors (Lipinski definition) is 1. The van der Waals surface area contributed by atoms with Crippen molar-refractivity contribution < 1.29 is 13.6 Å². The second-order valence-corrected chi connectivity index (χ2v) is 7.33. The van der Waals surface area contributed by atoms with Crippen LogP contribution in [0.2, 0.25) is 5.02 Å². The molecule has 0 bridgehead atoms. The van der Waals surface area contributed by atoms with E-state index in [9.17, 15) is 9.18 Å². The van der Waals surface area contributed by atoms with Crippen LogP contribution in [0.5, 0.6) is 0 Å². The number of aromatic nitrogens is 2. The summed E-state index contributed by atoms with van der Waals surface area (Å²) in [6, 6.07) is 7.37. The van der Waals surface area contributed by atoms with E-state index in [0.29, 0.717) is 27.0 Å². The van der Waals surface area contributed by atoms with Crippen molar-refractivity contribution in [2.24, 2.45) is 0 Å². The maximum Gasteiger partial charge on any atom is 0.266 e. The zero-order chi connectivity index (χ0) is 19.1. The third-order valence-corrected chi connectivity index (χ3v) is 5.60. The molecule has 0 spiro atoms. The maximum absolute atomic E-state index is 13.2. The number of aryl methyl sites for hydroxylation is 2. The molecule has 0 aliphatic heterocycles. The van der Waals surface area contributed by atoms with E-state index in [4.69, 9.17) is 16.0 Å². The van der Waals surface area contributed by atoms with E-state index in [1.807, 2.05) is 13.8 Å². The molecule has 5 nitrogen and oxygen atoms in total. The Bertz CT molecular complexity index is 1170. The minimum absolute atomic E-state index is 0.137. The van der Waals surface area contributed by atoms with Gasteiger partial charge in [-0.15, -0.1) is 11.3 Å². The monoisotopic (exact) mass is 401 g/mol. The van der Waals surface area contributed by atoms with Gasteiger partial charge >= 0.3 is 0 Å². The normalized spacial score (nSPS) is 11.1. The molecule has 1 aromatic carbocycles. The number of amides is 1. The molecular weight excluding hydrogens is 389 g/mol. The van der Waals surface area contributed by atoms with Gasteiger partial charge in [-0.2, -0.15) is 0 Å². The lowest BCUT2D eigenvalue weighted by molar-refractivity contribution is 0.103.